The maximum atomic E-state index is 13.2. The van der Waals surface area contributed by atoms with Crippen LogP contribution >= 0.6 is 0 Å². The van der Waals surface area contributed by atoms with E-state index in [4.69, 9.17) is 14.2 Å². The number of carbonyl (C=O) groups excluding carboxylic acids is 1. The van der Waals surface area contributed by atoms with E-state index in [9.17, 15) is 4.79 Å². The Hall–Kier alpha value is -3.30. The van der Waals surface area contributed by atoms with Crippen molar-refractivity contribution < 1.29 is 19.0 Å². The van der Waals surface area contributed by atoms with Crippen molar-refractivity contribution in [1.29, 1.82) is 0 Å². The molecule has 2 aromatic carbocycles. The third kappa shape index (κ3) is 4.47. The lowest BCUT2D eigenvalue weighted by molar-refractivity contribution is -0.0933. The molecular weight excluding hydrogens is 386 g/mol. The molecule has 0 saturated carbocycles. The van der Waals surface area contributed by atoms with Crippen LogP contribution in [0.4, 0.5) is 0 Å². The Balaban J connectivity index is 1.65. The van der Waals surface area contributed by atoms with Crippen LogP contribution < -0.4 is 4.74 Å². The van der Waals surface area contributed by atoms with Gasteiger partial charge in [0.15, 0.2) is 0 Å². The molecule has 1 saturated heterocycles. The Morgan fingerprint density at radius 3 is 2.70 bits per heavy atom. The van der Waals surface area contributed by atoms with Gasteiger partial charge in [-0.15, -0.1) is 5.10 Å². The van der Waals surface area contributed by atoms with Crippen LogP contribution in [0.1, 0.15) is 10.4 Å². The quantitative estimate of drug-likeness (QED) is 0.613. The van der Waals surface area contributed by atoms with Gasteiger partial charge in [-0.25, -0.2) is 4.68 Å². The molecule has 9 heteroatoms. The molecule has 3 aromatic rings. The number of hydrogen-bond donors (Lipinski definition) is 0. The van der Waals surface area contributed by atoms with Gasteiger partial charge in [-0.2, -0.15) is 0 Å². The molecule has 9 nitrogen and oxygen atoms in total. The molecule has 0 radical (unpaired) electrons. The minimum atomic E-state index is -0.128. The number of rotatable bonds is 6. The predicted octanol–water partition coefficient (Wildman–Crippen LogP) is 1.83. The molecular formula is C21H23N5O4. The zero-order valence-electron chi connectivity index (χ0n) is 16.9. The number of methoxy groups -OCH3 is 1. The summed E-state index contributed by atoms with van der Waals surface area (Å²) in [6.07, 6.45) is 1.37. The van der Waals surface area contributed by atoms with Gasteiger partial charge >= 0.3 is 0 Å². The van der Waals surface area contributed by atoms with Crippen LogP contribution in [0.3, 0.4) is 0 Å². The number of nitrogens with zero attached hydrogens (tertiary/aromatic N) is 5. The number of likely N-dealkylation sites (N-methyl/N-ethyl adjacent to an activating group) is 1. The molecule has 0 spiro atoms. The second-order valence-corrected chi connectivity index (χ2v) is 7.00. The van der Waals surface area contributed by atoms with Gasteiger partial charge in [0, 0.05) is 19.2 Å². The van der Waals surface area contributed by atoms with Crippen molar-refractivity contribution in [2.75, 3.05) is 40.5 Å². The van der Waals surface area contributed by atoms with E-state index >= 15 is 0 Å². The number of amides is 1. The van der Waals surface area contributed by atoms with Crippen molar-refractivity contribution in [3.8, 4) is 22.6 Å². The Morgan fingerprint density at radius 2 is 2.03 bits per heavy atom. The van der Waals surface area contributed by atoms with E-state index in [1.54, 1.807) is 25.1 Å². The van der Waals surface area contributed by atoms with Crippen LogP contribution in [-0.4, -0.2) is 77.6 Å². The minimum Gasteiger partial charge on any atom is -0.497 e. The van der Waals surface area contributed by atoms with Crippen molar-refractivity contribution in [2.24, 2.45) is 0 Å². The van der Waals surface area contributed by atoms with Crippen LogP contribution in [0, 0.1) is 0 Å². The van der Waals surface area contributed by atoms with E-state index in [-0.39, 0.29) is 12.0 Å². The molecule has 4 rings (SSSR count). The third-order valence-corrected chi connectivity index (χ3v) is 4.91. The van der Waals surface area contributed by atoms with Gasteiger partial charge in [-0.1, -0.05) is 12.1 Å². The van der Waals surface area contributed by atoms with E-state index in [0.717, 1.165) is 16.9 Å². The summed E-state index contributed by atoms with van der Waals surface area (Å²) in [7, 11) is 3.39. The monoisotopic (exact) mass is 409 g/mol. The van der Waals surface area contributed by atoms with E-state index < -0.39 is 0 Å². The molecule has 1 aliphatic rings. The first-order valence-electron chi connectivity index (χ1n) is 9.62. The molecule has 30 heavy (non-hydrogen) atoms. The molecule has 1 atom stereocenters. The van der Waals surface area contributed by atoms with Gasteiger partial charge in [0.1, 0.15) is 12.1 Å². The summed E-state index contributed by atoms with van der Waals surface area (Å²) in [6.45, 7) is 2.07. The SMILES string of the molecule is COc1ccc(-c2cc(C(=O)N(C)C[C@@H]3COCCO3)cc(-n3cnnn3)c2)cc1. The number of aromatic nitrogens is 4. The fourth-order valence-electron chi connectivity index (χ4n) is 3.35. The van der Waals surface area contributed by atoms with E-state index in [1.807, 2.05) is 36.4 Å². The smallest absolute Gasteiger partial charge is 0.253 e. The number of benzene rings is 2. The number of tetrazole rings is 1. The lowest BCUT2D eigenvalue weighted by Crippen LogP contribution is -2.40. The number of ether oxygens (including phenoxy) is 3. The summed E-state index contributed by atoms with van der Waals surface area (Å²) < 4.78 is 17.9. The Labute approximate surface area is 174 Å². The highest BCUT2D eigenvalue weighted by Crippen LogP contribution is 2.26. The van der Waals surface area contributed by atoms with Gasteiger partial charge in [0.05, 0.1) is 38.7 Å². The summed E-state index contributed by atoms with van der Waals surface area (Å²) in [6, 6.07) is 13.2. The first-order valence-corrected chi connectivity index (χ1v) is 9.62. The number of hydrogen-bond acceptors (Lipinski definition) is 7. The zero-order chi connectivity index (χ0) is 20.9. The normalized spacial score (nSPS) is 16.3. The van der Waals surface area contributed by atoms with Crippen molar-refractivity contribution >= 4 is 5.91 Å². The van der Waals surface area contributed by atoms with Crippen LogP contribution in [0.15, 0.2) is 48.8 Å². The highest BCUT2D eigenvalue weighted by Gasteiger charge is 2.21. The molecule has 156 valence electrons. The minimum absolute atomic E-state index is 0.117. The molecule has 0 aliphatic carbocycles. The molecule has 0 unspecified atom stereocenters. The summed E-state index contributed by atoms with van der Waals surface area (Å²) in [5.74, 6) is 0.648. The Kier molecular flexibility index (Phi) is 6.01. The van der Waals surface area contributed by atoms with Gasteiger partial charge in [-0.3, -0.25) is 4.79 Å². The average Bonchev–Trinajstić information content (AvgIpc) is 3.34. The summed E-state index contributed by atoms with van der Waals surface area (Å²) >= 11 is 0. The van der Waals surface area contributed by atoms with Crippen molar-refractivity contribution in [1.82, 2.24) is 25.1 Å². The lowest BCUT2D eigenvalue weighted by Gasteiger charge is -2.27. The second-order valence-electron chi connectivity index (χ2n) is 7.00. The van der Waals surface area contributed by atoms with Crippen LogP contribution in [0.2, 0.25) is 0 Å². The molecule has 1 aromatic heterocycles. The van der Waals surface area contributed by atoms with E-state index in [0.29, 0.717) is 37.6 Å². The molecule has 0 bridgehead atoms. The predicted molar refractivity (Wildman–Crippen MR) is 109 cm³/mol. The van der Waals surface area contributed by atoms with Gasteiger partial charge in [-0.05, 0) is 51.9 Å². The van der Waals surface area contributed by atoms with Crippen LogP contribution in [0.25, 0.3) is 16.8 Å². The highest BCUT2D eigenvalue weighted by atomic mass is 16.6. The molecule has 1 amide bonds. The zero-order valence-corrected chi connectivity index (χ0v) is 16.9. The van der Waals surface area contributed by atoms with Crippen LogP contribution in [-0.2, 0) is 9.47 Å². The maximum Gasteiger partial charge on any atom is 0.253 e. The fraction of sp³-hybridized carbons (Fsp3) is 0.333. The summed E-state index contributed by atoms with van der Waals surface area (Å²) in [5, 5.41) is 11.4. The Bertz CT molecular complexity index is 985. The molecule has 1 fully saturated rings. The topological polar surface area (TPSA) is 91.6 Å². The van der Waals surface area contributed by atoms with Crippen molar-refractivity contribution in [3.05, 3.63) is 54.4 Å². The second kappa shape index (κ2) is 9.02. The van der Waals surface area contributed by atoms with E-state index in [1.165, 1.54) is 11.0 Å². The maximum absolute atomic E-state index is 13.2. The average molecular weight is 409 g/mol. The largest absolute Gasteiger partial charge is 0.497 e. The lowest BCUT2D eigenvalue weighted by atomic mass is 10.0. The van der Waals surface area contributed by atoms with Gasteiger partial charge < -0.3 is 19.1 Å². The van der Waals surface area contributed by atoms with Crippen LogP contribution in [0.5, 0.6) is 5.75 Å². The first kappa shape index (κ1) is 20.0. The highest BCUT2D eigenvalue weighted by molar-refractivity contribution is 5.96. The van der Waals surface area contributed by atoms with Crippen molar-refractivity contribution in [2.45, 2.75) is 6.10 Å². The molecule has 1 aliphatic heterocycles. The van der Waals surface area contributed by atoms with Gasteiger partial charge in [0.2, 0.25) is 0 Å². The standard InChI is InChI=1S/C21H23N5O4/c1-25(12-20-13-29-7-8-30-20)21(27)17-9-16(15-3-5-19(28-2)6-4-15)10-18(11-17)26-14-22-23-24-26/h3-6,9-11,14,20H,7-8,12-13H2,1-2H3/t20-/m1/s1. The van der Waals surface area contributed by atoms with Crippen molar-refractivity contribution in [3.63, 3.8) is 0 Å². The fourth-order valence-corrected chi connectivity index (χ4v) is 3.35. The third-order valence-electron chi connectivity index (χ3n) is 4.91. The number of carbonyl (C=O) groups is 1. The summed E-state index contributed by atoms with van der Waals surface area (Å²) in [5.41, 5.74) is 3.06. The first-order chi connectivity index (χ1) is 14.6. The molecule has 0 N–H and O–H groups in total. The van der Waals surface area contributed by atoms with E-state index in [2.05, 4.69) is 15.5 Å². The molecule has 2 heterocycles. The van der Waals surface area contributed by atoms with Gasteiger partial charge in [0.25, 0.3) is 5.91 Å². The summed E-state index contributed by atoms with van der Waals surface area (Å²) in [4.78, 5) is 14.8. The Morgan fingerprint density at radius 1 is 1.20 bits per heavy atom.